The van der Waals surface area contributed by atoms with Gasteiger partial charge in [0.1, 0.15) is 0 Å². The lowest BCUT2D eigenvalue weighted by atomic mass is 10.0. The van der Waals surface area contributed by atoms with Crippen LogP contribution in [0.1, 0.15) is 61.1 Å². The fraction of sp³-hybridized carbons (Fsp3) is 0.562. The molecule has 0 radical (unpaired) electrons. The number of aromatic amines is 1. The van der Waals surface area contributed by atoms with Gasteiger partial charge >= 0.3 is 0 Å². The number of nitrogens with zero attached hydrogens (tertiary/aromatic N) is 3. The zero-order valence-electron chi connectivity index (χ0n) is 13.7. The minimum atomic E-state index is -0.198. The number of hydrogen-bond donors (Lipinski definition) is 2. The van der Waals surface area contributed by atoms with Crippen LogP contribution in [0.5, 0.6) is 0 Å². The SMILES string of the molecule is COC1CCC(c2cc(NC(=O)c3cnn(C(C)C)c3)n[nH]2)C1. The van der Waals surface area contributed by atoms with Crippen LogP contribution in [0.15, 0.2) is 18.5 Å². The first-order chi connectivity index (χ1) is 11.1. The molecule has 1 fully saturated rings. The minimum absolute atomic E-state index is 0.198. The smallest absolute Gasteiger partial charge is 0.260 e. The van der Waals surface area contributed by atoms with E-state index in [1.807, 2.05) is 19.9 Å². The summed E-state index contributed by atoms with van der Waals surface area (Å²) >= 11 is 0. The number of nitrogens with one attached hydrogen (secondary N) is 2. The Morgan fingerprint density at radius 2 is 2.30 bits per heavy atom. The summed E-state index contributed by atoms with van der Waals surface area (Å²) in [6, 6.07) is 2.14. The van der Waals surface area contributed by atoms with Crippen molar-refractivity contribution in [2.45, 2.75) is 51.2 Å². The van der Waals surface area contributed by atoms with Gasteiger partial charge in [-0.05, 0) is 33.1 Å². The van der Waals surface area contributed by atoms with Crippen molar-refractivity contribution >= 4 is 11.7 Å². The van der Waals surface area contributed by atoms with E-state index in [9.17, 15) is 4.79 Å². The maximum atomic E-state index is 12.2. The van der Waals surface area contributed by atoms with E-state index in [1.165, 1.54) is 0 Å². The van der Waals surface area contributed by atoms with Crippen LogP contribution in [0.2, 0.25) is 0 Å². The summed E-state index contributed by atoms with van der Waals surface area (Å²) in [5.74, 6) is 0.765. The van der Waals surface area contributed by atoms with Gasteiger partial charge in [-0.3, -0.25) is 14.6 Å². The molecular formula is C16H23N5O2. The van der Waals surface area contributed by atoms with Crippen molar-refractivity contribution in [1.29, 1.82) is 0 Å². The van der Waals surface area contributed by atoms with Crippen LogP contribution < -0.4 is 5.32 Å². The molecule has 2 N–H and O–H groups in total. The Morgan fingerprint density at radius 1 is 1.48 bits per heavy atom. The van der Waals surface area contributed by atoms with Gasteiger partial charge in [0.15, 0.2) is 5.82 Å². The second kappa shape index (κ2) is 6.54. The molecule has 7 heteroatoms. The summed E-state index contributed by atoms with van der Waals surface area (Å²) in [4.78, 5) is 12.2. The van der Waals surface area contributed by atoms with Crippen molar-refractivity contribution < 1.29 is 9.53 Å². The first-order valence-corrected chi connectivity index (χ1v) is 8.00. The molecule has 2 aromatic rings. The number of carbonyl (C=O) groups excluding carboxylic acids is 1. The summed E-state index contributed by atoms with van der Waals surface area (Å²) in [7, 11) is 1.75. The van der Waals surface area contributed by atoms with Crippen LogP contribution in [0.4, 0.5) is 5.82 Å². The van der Waals surface area contributed by atoms with Gasteiger partial charge in [-0.15, -0.1) is 0 Å². The molecule has 2 aromatic heterocycles. The minimum Gasteiger partial charge on any atom is -0.381 e. The van der Waals surface area contributed by atoms with E-state index in [2.05, 4.69) is 20.6 Å². The Hall–Kier alpha value is -2.15. The summed E-state index contributed by atoms with van der Waals surface area (Å²) < 4.78 is 7.16. The summed E-state index contributed by atoms with van der Waals surface area (Å²) in [5.41, 5.74) is 1.58. The standard InChI is InChI=1S/C16H23N5O2/c1-10(2)21-9-12(8-17-21)16(22)18-15-7-14(19-20-15)11-4-5-13(6-11)23-3/h7-11,13H,4-6H2,1-3H3,(H2,18,19,20,22). The van der Waals surface area contributed by atoms with Crippen molar-refractivity contribution in [3.8, 4) is 0 Å². The Kier molecular flexibility index (Phi) is 4.47. The van der Waals surface area contributed by atoms with Crippen molar-refractivity contribution in [2.75, 3.05) is 12.4 Å². The van der Waals surface area contributed by atoms with Crippen LogP contribution >= 0.6 is 0 Å². The van der Waals surface area contributed by atoms with Gasteiger partial charge in [0, 0.05) is 37.0 Å². The highest BCUT2D eigenvalue weighted by Gasteiger charge is 2.27. The van der Waals surface area contributed by atoms with Crippen LogP contribution in [-0.2, 0) is 4.74 Å². The molecule has 2 atom stereocenters. The lowest BCUT2D eigenvalue weighted by molar-refractivity contribution is 0.102. The number of ether oxygens (including phenoxy) is 1. The van der Waals surface area contributed by atoms with Crippen molar-refractivity contribution in [3.05, 3.63) is 29.7 Å². The molecule has 1 saturated carbocycles. The van der Waals surface area contributed by atoms with Crippen LogP contribution in [-0.4, -0.2) is 39.1 Å². The Labute approximate surface area is 135 Å². The number of carbonyl (C=O) groups is 1. The molecule has 0 saturated heterocycles. The highest BCUT2D eigenvalue weighted by atomic mass is 16.5. The molecule has 124 valence electrons. The molecule has 3 rings (SSSR count). The van der Waals surface area contributed by atoms with E-state index in [0.29, 0.717) is 23.4 Å². The van der Waals surface area contributed by atoms with Gasteiger partial charge in [-0.25, -0.2) is 0 Å². The van der Waals surface area contributed by atoms with E-state index < -0.39 is 0 Å². The van der Waals surface area contributed by atoms with Gasteiger partial charge in [-0.2, -0.15) is 10.2 Å². The van der Waals surface area contributed by atoms with Crippen molar-refractivity contribution in [1.82, 2.24) is 20.0 Å². The molecule has 23 heavy (non-hydrogen) atoms. The normalized spacial score (nSPS) is 21.0. The first kappa shape index (κ1) is 15.7. The van der Waals surface area contributed by atoms with Gasteiger partial charge in [-0.1, -0.05) is 0 Å². The van der Waals surface area contributed by atoms with E-state index >= 15 is 0 Å². The predicted octanol–water partition coefficient (Wildman–Crippen LogP) is 2.72. The van der Waals surface area contributed by atoms with E-state index in [-0.39, 0.29) is 11.9 Å². The lowest BCUT2D eigenvalue weighted by Crippen LogP contribution is -2.11. The third-order valence-corrected chi connectivity index (χ3v) is 4.39. The number of anilines is 1. The molecule has 2 heterocycles. The predicted molar refractivity (Wildman–Crippen MR) is 86.5 cm³/mol. The monoisotopic (exact) mass is 317 g/mol. The number of hydrogen-bond acceptors (Lipinski definition) is 4. The van der Waals surface area contributed by atoms with Gasteiger partial charge in [0.2, 0.25) is 0 Å². The second-order valence-electron chi connectivity index (χ2n) is 6.33. The molecule has 2 unspecified atom stereocenters. The molecule has 7 nitrogen and oxygen atoms in total. The molecule has 0 aliphatic heterocycles. The fourth-order valence-electron chi connectivity index (χ4n) is 2.97. The maximum Gasteiger partial charge on any atom is 0.260 e. The van der Waals surface area contributed by atoms with E-state index in [0.717, 1.165) is 25.0 Å². The third-order valence-electron chi connectivity index (χ3n) is 4.39. The third kappa shape index (κ3) is 3.44. The van der Waals surface area contributed by atoms with Crippen molar-refractivity contribution in [3.63, 3.8) is 0 Å². The number of H-pyrrole nitrogens is 1. The summed E-state index contributed by atoms with van der Waals surface area (Å²) in [6.07, 6.45) is 6.78. The fourth-order valence-corrected chi connectivity index (χ4v) is 2.97. The quantitative estimate of drug-likeness (QED) is 0.888. The Bertz CT molecular complexity index is 676. The van der Waals surface area contributed by atoms with Gasteiger partial charge < -0.3 is 10.1 Å². The second-order valence-corrected chi connectivity index (χ2v) is 6.33. The molecule has 0 aromatic carbocycles. The zero-order chi connectivity index (χ0) is 16.4. The van der Waals surface area contributed by atoms with E-state index in [1.54, 1.807) is 24.2 Å². The lowest BCUT2D eigenvalue weighted by Gasteiger charge is -2.07. The summed E-state index contributed by atoms with van der Waals surface area (Å²) in [6.45, 7) is 4.03. The molecule has 1 amide bonds. The molecule has 0 spiro atoms. The van der Waals surface area contributed by atoms with E-state index in [4.69, 9.17) is 4.74 Å². The van der Waals surface area contributed by atoms with Crippen LogP contribution in [0.25, 0.3) is 0 Å². The number of aromatic nitrogens is 4. The number of amides is 1. The summed E-state index contributed by atoms with van der Waals surface area (Å²) in [5, 5.41) is 14.2. The molecule has 1 aliphatic carbocycles. The highest BCUT2D eigenvalue weighted by molar-refractivity contribution is 6.03. The van der Waals surface area contributed by atoms with Crippen LogP contribution in [0, 0.1) is 0 Å². The van der Waals surface area contributed by atoms with Gasteiger partial charge in [0.05, 0.1) is 17.9 Å². The van der Waals surface area contributed by atoms with Crippen LogP contribution in [0.3, 0.4) is 0 Å². The molecule has 0 bridgehead atoms. The topological polar surface area (TPSA) is 84.8 Å². The molecule has 1 aliphatic rings. The average Bonchev–Trinajstić information content (AvgIpc) is 3.26. The number of methoxy groups -OCH3 is 1. The average molecular weight is 317 g/mol. The Balaban J connectivity index is 1.63. The highest BCUT2D eigenvalue weighted by Crippen LogP contribution is 2.35. The number of rotatable bonds is 5. The zero-order valence-corrected chi connectivity index (χ0v) is 13.7. The van der Waals surface area contributed by atoms with Gasteiger partial charge in [0.25, 0.3) is 5.91 Å². The molecular weight excluding hydrogens is 294 g/mol. The largest absolute Gasteiger partial charge is 0.381 e. The first-order valence-electron chi connectivity index (χ1n) is 8.00. The van der Waals surface area contributed by atoms with Crippen molar-refractivity contribution in [2.24, 2.45) is 0 Å². The maximum absolute atomic E-state index is 12.2. The Morgan fingerprint density at radius 3 is 2.96 bits per heavy atom.